The second-order valence-electron chi connectivity index (χ2n) is 8.90. The van der Waals surface area contributed by atoms with E-state index in [1.165, 1.54) is 34.0 Å². The molecule has 2 aromatic rings. The normalized spacial score (nSPS) is 27.2. The number of nitrogens with one attached hydrogen (secondary N) is 2. The van der Waals surface area contributed by atoms with Crippen molar-refractivity contribution >= 4 is 22.4 Å². The van der Waals surface area contributed by atoms with E-state index < -0.39 is 0 Å². The number of benzene rings is 1. The van der Waals surface area contributed by atoms with Gasteiger partial charge in [-0.3, -0.25) is 9.69 Å². The topological polar surface area (TPSA) is 57.4 Å². The first-order valence-corrected chi connectivity index (χ1v) is 11.1. The lowest BCUT2D eigenvalue weighted by molar-refractivity contribution is -0.146. The summed E-state index contributed by atoms with van der Waals surface area (Å²) < 4.78 is 5.66. The molecule has 2 aliphatic heterocycles. The number of esters is 1. The van der Waals surface area contributed by atoms with Crippen LogP contribution in [0.15, 0.2) is 30.5 Å². The van der Waals surface area contributed by atoms with Crippen LogP contribution in [-0.2, 0) is 16.0 Å². The lowest BCUT2D eigenvalue weighted by atomic mass is 9.79. The van der Waals surface area contributed by atoms with Crippen LogP contribution in [0.2, 0.25) is 0 Å². The molecule has 3 aliphatic rings. The van der Waals surface area contributed by atoms with Crippen LogP contribution in [0.5, 0.6) is 0 Å². The summed E-state index contributed by atoms with van der Waals surface area (Å²) in [7, 11) is 2.23. The van der Waals surface area contributed by atoms with E-state index in [0.717, 1.165) is 45.2 Å². The van der Waals surface area contributed by atoms with Gasteiger partial charge in [0.15, 0.2) is 0 Å². The minimum Gasteiger partial charge on any atom is -0.465 e. The molecule has 1 saturated heterocycles. The summed E-state index contributed by atoms with van der Waals surface area (Å²) in [5.74, 6) is 0.345. The van der Waals surface area contributed by atoms with E-state index in [2.05, 4.69) is 52.7 Å². The molecule has 5 nitrogen and oxygen atoms in total. The van der Waals surface area contributed by atoms with Crippen LogP contribution in [0.25, 0.3) is 16.5 Å². The molecule has 0 radical (unpaired) electrons. The fourth-order valence-corrected chi connectivity index (χ4v) is 5.37. The number of nitrogens with zero attached hydrogens (tertiary/aromatic N) is 1. The number of carbonyl (C=O) groups is 1. The Morgan fingerprint density at radius 3 is 3.14 bits per heavy atom. The van der Waals surface area contributed by atoms with Gasteiger partial charge in [0.2, 0.25) is 0 Å². The summed E-state index contributed by atoms with van der Waals surface area (Å²) in [4.78, 5) is 18.3. The van der Waals surface area contributed by atoms with E-state index in [0.29, 0.717) is 18.6 Å². The Morgan fingerprint density at radius 1 is 1.28 bits per heavy atom. The Morgan fingerprint density at radius 2 is 2.21 bits per heavy atom. The average molecular weight is 394 g/mol. The van der Waals surface area contributed by atoms with Gasteiger partial charge in [0.1, 0.15) is 6.04 Å². The molecule has 154 valence electrons. The highest BCUT2D eigenvalue weighted by Gasteiger charge is 2.33. The van der Waals surface area contributed by atoms with Gasteiger partial charge < -0.3 is 15.0 Å². The third kappa shape index (κ3) is 3.62. The van der Waals surface area contributed by atoms with E-state index in [1.54, 1.807) is 0 Å². The van der Waals surface area contributed by atoms with Crippen LogP contribution >= 0.6 is 0 Å². The van der Waals surface area contributed by atoms with E-state index in [-0.39, 0.29) is 12.0 Å². The Bertz CT molecular complexity index is 923. The van der Waals surface area contributed by atoms with Gasteiger partial charge >= 0.3 is 5.97 Å². The summed E-state index contributed by atoms with van der Waals surface area (Å²) in [5.41, 5.74) is 5.46. The van der Waals surface area contributed by atoms with E-state index in [1.807, 2.05) is 0 Å². The molecule has 0 bridgehead atoms. The summed E-state index contributed by atoms with van der Waals surface area (Å²) in [6, 6.07) is 6.89. The summed E-state index contributed by atoms with van der Waals surface area (Å²) in [6.45, 7) is 2.44. The maximum atomic E-state index is 12.4. The van der Waals surface area contributed by atoms with Crippen molar-refractivity contribution in [1.82, 2.24) is 15.2 Å². The molecule has 2 N–H and O–H groups in total. The highest BCUT2D eigenvalue weighted by Crippen LogP contribution is 2.41. The van der Waals surface area contributed by atoms with Crippen LogP contribution < -0.4 is 5.32 Å². The highest BCUT2D eigenvalue weighted by molar-refractivity contribution is 5.98. The van der Waals surface area contributed by atoms with Crippen molar-refractivity contribution in [3.05, 3.63) is 41.6 Å². The van der Waals surface area contributed by atoms with Crippen molar-refractivity contribution < 1.29 is 9.53 Å². The number of rotatable bonds is 4. The van der Waals surface area contributed by atoms with Crippen molar-refractivity contribution in [2.24, 2.45) is 5.92 Å². The average Bonchev–Trinajstić information content (AvgIpc) is 2.96. The number of fused-ring (bicyclic) bond motifs is 2. The summed E-state index contributed by atoms with van der Waals surface area (Å²) in [5, 5.41) is 4.72. The first-order chi connectivity index (χ1) is 14.2. The minimum atomic E-state index is -0.114. The molecule has 5 rings (SSSR count). The van der Waals surface area contributed by atoms with Gasteiger partial charge in [-0.05, 0) is 68.0 Å². The molecule has 5 heteroatoms. The number of aromatic nitrogens is 1. The minimum absolute atomic E-state index is 0.0685. The number of aromatic amines is 1. The second kappa shape index (κ2) is 7.96. The molecule has 1 fully saturated rings. The number of likely N-dealkylation sites (N-methyl/N-ethyl adjacent to an activating group) is 1. The lowest BCUT2D eigenvalue weighted by Crippen LogP contribution is -2.43. The molecule has 0 unspecified atom stereocenters. The zero-order chi connectivity index (χ0) is 19.8. The van der Waals surface area contributed by atoms with Crippen molar-refractivity contribution in [3.63, 3.8) is 0 Å². The van der Waals surface area contributed by atoms with Gasteiger partial charge in [0.05, 0.1) is 6.61 Å². The van der Waals surface area contributed by atoms with Gasteiger partial charge in [-0.15, -0.1) is 0 Å². The largest absolute Gasteiger partial charge is 0.465 e. The fraction of sp³-hybridized carbons (Fsp3) is 0.542. The number of carbonyl (C=O) groups excluding carboxylic acids is 1. The fourth-order valence-electron chi connectivity index (χ4n) is 5.37. The Labute approximate surface area is 172 Å². The van der Waals surface area contributed by atoms with Crippen LogP contribution in [0.3, 0.4) is 0 Å². The predicted octanol–water partition coefficient (Wildman–Crippen LogP) is 3.50. The second-order valence-corrected chi connectivity index (χ2v) is 8.90. The van der Waals surface area contributed by atoms with Crippen molar-refractivity contribution in [3.8, 4) is 0 Å². The van der Waals surface area contributed by atoms with Crippen molar-refractivity contribution in [1.29, 1.82) is 0 Å². The summed E-state index contributed by atoms with van der Waals surface area (Å²) >= 11 is 0. The molecule has 1 aromatic carbocycles. The molecule has 0 saturated carbocycles. The Balaban J connectivity index is 1.28. The van der Waals surface area contributed by atoms with Gasteiger partial charge in [-0.2, -0.15) is 0 Å². The molecule has 1 aromatic heterocycles. The Kier molecular flexibility index (Phi) is 5.18. The number of H-pyrrole nitrogens is 1. The van der Waals surface area contributed by atoms with E-state index in [9.17, 15) is 4.79 Å². The van der Waals surface area contributed by atoms with Crippen LogP contribution in [0.1, 0.15) is 43.2 Å². The van der Waals surface area contributed by atoms with Crippen LogP contribution in [0.4, 0.5) is 0 Å². The first-order valence-electron chi connectivity index (χ1n) is 11.1. The number of ether oxygens (including phenoxy) is 1. The summed E-state index contributed by atoms with van der Waals surface area (Å²) in [6.07, 6.45) is 10.9. The molecule has 0 amide bonds. The number of hydrogen-bond acceptors (Lipinski definition) is 4. The SMILES string of the molecule is CN1C[C@H](CCOC(=O)[C@H]2CCCCCN2)C=C2c3cccc4[nH]cc(c34)C[C@H]21. The third-order valence-electron chi connectivity index (χ3n) is 6.92. The third-order valence-corrected chi connectivity index (χ3v) is 6.92. The highest BCUT2D eigenvalue weighted by atomic mass is 16.5. The standard InChI is InChI=1S/C24H31N3O2/c1-27-15-16(9-11-29-24(28)21-7-3-2-4-10-25-21)12-19-18-6-5-8-20-23(18)17(14-26-20)13-22(19)27/h5-6,8,12,14,16,21-22,25-26H,2-4,7,9-11,13,15H2,1H3/t16-,21-,22-/m1/s1. The smallest absolute Gasteiger partial charge is 0.323 e. The first kappa shape index (κ1) is 18.9. The molecule has 1 aliphatic carbocycles. The molecule has 3 heterocycles. The van der Waals surface area contributed by atoms with Crippen molar-refractivity contribution in [2.75, 3.05) is 26.7 Å². The molecular formula is C24H31N3O2. The predicted molar refractivity (Wildman–Crippen MR) is 116 cm³/mol. The Hall–Kier alpha value is -2.11. The zero-order valence-electron chi connectivity index (χ0n) is 17.2. The molecule has 3 atom stereocenters. The van der Waals surface area contributed by atoms with Crippen LogP contribution in [-0.4, -0.2) is 54.7 Å². The number of hydrogen-bond donors (Lipinski definition) is 2. The van der Waals surface area contributed by atoms with Gasteiger partial charge in [-0.25, -0.2) is 0 Å². The maximum Gasteiger partial charge on any atom is 0.323 e. The zero-order valence-corrected chi connectivity index (χ0v) is 17.2. The quantitative estimate of drug-likeness (QED) is 0.781. The van der Waals surface area contributed by atoms with Gasteiger partial charge in [-0.1, -0.05) is 31.1 Å². The molecule has 0 spiro atoms. The van der Waals surface area contributed by atoms with Gasteiger partial charge in [0, 0.05) is 29.7 Å². The lowest BCUT2D eigenvalue weighted by Gasteiger charge is -2.40. The molecular weight excluding hydrogens is 362 g/mol. The monoisotopic (exact) mass is 393 g/mol. The van der Waals surface area contributed by atoms with Gasteiger partial charge in [0.25, 0.3) is 0 Å². The van der Waals surface area contributed by atoms with E-state index >= 15 is 0 Å². The van der Waals surface area contributed by atoms with E-state index in [4.69, 9.17) is 4.74 Å². The molecule has 29 heavy (non-hydrogen) atoms. The van der Waals surface area contributed by atoms with Crippen LogP contribution in [0, 0.1) is 5.92 Å². The van der Waals surface area contributed by atoms with Crippen molar-refractivity contribution in [2.45, 2.75) is 50.6 Å². The maximum absolute atomic E-state index is 12.4.